The second kappa shape index (κ2) is 11.9. The van der Waals surface area contributed by atoms with Gasteiger partial charge in [-0.05, 0) is 69.2 Å². The van der Waals surface area contributed by atoms with Crippen molar-refractivity contribution in [2.75, 3.05) is 4.90 Å². The normalized spacial score (nSPS) is 11.9. The zero-order chi connectivity index (χ0) is 33.7. The molecule has 0 amide bonds. The average Bonchev–Trinajstić information content (AvgIpc) is 3.21. The summed E-state index contributed by atoms with van der Waals surface area (Å²) in [4.78, 5) is 17.8. The largest absolute Gasteiger partial charge is 0.309 e. The average molecular weight is 651 g/mol. The summed E-state index contributed by atoms with van der Waals surface area (Å²) >= 11 is 0. The van der Waals surface area contributed by atoms with Crippen molar-refractivity contribution in [2.24, 2.45) is 0 Å². The lowest BCUT2D eigenvalue weighted by Crippen LogP contribution is -2.15. The highest BCUT2D eigenvalue weighted by Gasteiger charge is 2.29. The van der Waals surface area contributed by atoms with E-state index in [1.807, 2.05) is 18.2 Å². The van der Waals surface area contributed by atoms with Gasteiger partial charge in [0.05, 0.1) is 11.4 Å². The summed E-state index contributed by atoms with van der Waals surface area (Å²) in [7, 11) is 0. The summed E-state index contributed by atoms with van der Waals surface area (Å²) in [5, 5.41) is 4.59. The van der Waals surface area contributed by atoms with E-state index in [1.54, 1.807) is 0 Å². The molecule has 8 aromatic carbocycles. The predicted molar refractivity (Wildman–Crippen MR) is 210 cm³/mol. The van der Waals surface area contributed by atoms with Crippen LogP contribution in [0.3, 0.4) is 0 Å². The SMILES string of the molecule is c1ccc(-c2nc(-c3ccc4ccccc4c3)nc(-c3ccc4c5c(cccc35)-c3c(-c5ccccc5)cccc3N4c3ccccc3)n2)cc1. The van der Waals surface area contributed by atoms with E-state index in [4.69, 9.17) is 15.0 Å². The van der Waals surface area contributed by atoms with Crippen LogP contribution in [0, 0.1) is 0 Å². The van der Waals surface area contributed by atoms with Crippen molar-refractivity contribution in [3.8, 4) is 56.4 Å². The highest BCUT2D eigenvalue weighted by molar-refractivity contribution is 6.19. The van der Waals surface area contributed by atoms with E-state index in [2.05, 4.69) is 169 Å². The van der Waals surface area contributed by atoms with Crippen LogP contribution >= 0.6 is 0 Å². The third-order valence-electron chi connectivity index (χ3n) is 9.83. The Labute approximate surface area is 296 Å². The van der Waals surface area contributed by atoms with Crippen molar-refractivity contribution in [3.63, 3.8) is 0 Å². The molecule has 1 aliphatic heterocycles. The molecule has 238 valence electrons. The quantitative estimate of drug-likeness (QED) is 0.186. The van der Waals surface area contributed by atoms with Crippen molar-refractivity contribution in [1.29, 1.82) is 0 Å². The molecule has 0 radical (unpaired) electrons. The molecule has 0 saturated heterocycles. The zero-order valence-electron chi connectivity index (χ0n) is 27.6. The molecule has 2 heterocycles. The van der Waals surface area contributed by atoms with E-state index < -0.39 is 0 Å². The maximum atomic E-state index is 5.21. The van der Waals surface area contributed by atoms with Gasteiger partial charge in [0, 0.05) is 33.3 Å². The lowest BCUT2D eigenvalue weighted by Gasteiger charge is -2.35. The fourth-order valence-electron chi connectivity index (χ4n) is 7.50. The van der Waals surface area contributed by atoms with Crippen LogP contribution in [0.4, 0.5) is 17.1 Å². The molecule has 4 heteroatoms. The number of hydrogen-bond acceptors (Lipinski definition) is 4. The van der Waals surface area contributed by atoms with Crippen molar-refractivity contribution < 1.29 is 0 Å². The Morgan fingerprint density at radius 3 is 1.76 bits per heavy atom. The minimum atomic E-state index is 0.643. The van der Waals surface area contributed by atoms with Gasteiger partial charge in [0.1, 0.15) is 0 Å². The molecule has 0 bridgehead atoms. The molecular weight excluding hydrogens is 621 g/mol. The molecule has 4 nitrogen and oxygen atoms in total. The van der Waals surface area contributed by atoms with Crippen LogP contribution < -0.4 is 4.90 Å². The molecule has 0 atom stereocenters. The Balaban J connectivity index is 1.25. The summed E-state index contributed by atoms with van der Waals surface area (Å²) in [6.45, 7) is 0. The van der Waals surface area contributed by atoms with Gasteiger partial charge in [-0.2, -0.15) is 0 Å². The number of anilines is 3. The number of aromatic nitrogens is 3. The fourth-order valence-corrected chi connectivity index (χ4v) is 7.50. The second-order valence-electron chi connectivity index (χ2n) is 12.8. The van der Waals surface area contributed by atoms with Crippen LogP contribution in [-0.4, -0.2) is 15.0 Å². The number of benzene rings is 8. The zero-order valence-corrected chi connectivity index (χ0v) is 27.6. The molecular formula is C47H30N4. The Bertz CT molecular complexity index is 2740. The summed E-state index contributed by atoms with van der Waals surface area (Å²) in [5.74, 6) is 1.93. The van der Waals surface area contributed by atoms with Gasteiger partial charge in [0.25, 0.3) is 0 Å². The molecule has 1 aliphatic rings. The summed E-state index contributed by atoms with van der Waals surface area (Å²) in [5.41, 5.74) is 11.0. The van der Waals surface area contributed by atoms with Gasteiger partial charge < -0.3 is 4.90 Å². The Morgan fingerprint density at radius 1 is 0.353 bits per heavy atom. The molecule has 9 aromatic rings. The highest BCUT2D eigenvalue weighted by Crippen LogP contribution is 2.54. The van der Waals surface area contributed by atoms with Crippen molar-refractivity contribution in [1.82, 2.24) is 15.0 Å². The standard InChI is InChI=1S/C47H30N4/c1-4-15-32(16-5-1)37-22-13-25-41-43(37)40-24-12-23-38-39(28-29-42(44(38)40)51(41)36-20-8-3-9-21-36)47-49-45(33-17-6-2-7-18-33)48-46(50-47)35-27-26-31-14-10-11-19-34(31)30-35/h1-30H. The Kier molecular flexibility index (Phi) is 6.78. The van der Waals surface area contributed by atoms with Gasteiger partial charge in [-0.15, -0.1) is 0 Å². The second-order valence-corrected chi connectivity index (χ2v) is 12.8. The Hall–Kier alpha value is -6.91. The number of hydrogen-bond donors (Lipinski definition) is 0. The van der Waals surface area contributed by atoms with Crippen LogP contribution in [0.15, 0.2) is 182 Å². The molecule has 0 N–H and O–H groups in total. The van der Waals surface area contributed by atoms with E-state index >= 15 is 0 Å². The first-order chi connectivity index (χ1) is 25.3. The van der Waals surface area contributed by atoms with Crippen LogP contribution in [0.2, 0.25) is 0 Å². The molecule has 0 aliphatic carbocycles. The highest BCUT2D eigenvalue weighted by atomic mass is 15.2. The van der Waals surface area contributed by atoms with E-state index in [-0.39, 0.29) is 0 Å². The number of nitrogens with zero attached hydrogens (tertiary/aromatic N) is 4. The summed E-state index contributed by atoms with van der Waals surface area (Å²) in [6.07, 6.45) is 0. The number of fused-ring (bicyclic) bond motifs is 3. The first-order valence-electron chi connectivity index (χ1n) is 17.2. The predicted octanol–water partition coefficient (Wildman–Crippen LogP) is 12.3. The summed E-state index contributed by atoms with van der Waals surface area (Å²) < 4.78 is 0. The number of rotatable bonds is 5. The molecule has 10 rings (SSSR count). The fraction of sp³-hybridized carbons (Fsp3) is 0. The maximum absolute atomic E-state index is 5.21. The maximum Gasteiger partial charge on any atom is 0.164 e. The monoisotopic (exact) mass is 650 g/mol. The topological polar surface area (TPSA) is 41.9 Å². The van der Waals surface area contributed by atoms with Gasteiger partial charge >= 0.3 is 0 Å². The van der Waals surface area contributed by atoms with Crippen LogP contribution in [0.25, 0.3) is 78.0 Å². The van der Waals surface area contributed by atoms with Crippen LogP contribution in [-0.2, 0) is 0 Å². The number of para-hydroxylation sites is 1. The minimum Gasteiger partial charge on any atom is -0.309 e. The molecule has 0 unspecified atom stereocenters. The molecule has 51 heavy (non-hydrogen) atoms. The van der Waals surface area contributed by atoms with Crippen molar-refractivity contribution in [3.05, 3.63) is 182 Å². The van der Waals surface area contributed by atoms with E-state index in [0.717, 1.165) is 44.5 Å². The van der Waals surface area contributed by atoms with Crippen molar-refractivity contribution in [2.45, 2.75) is 0 Å². The molecule has 0 saturated carbocycles. The van der Waals surface area contributed by atoms with Crippen LogP contribution in [0.1, 0.15) is 0 Å². The van der Waals surface area contributed by atoms with Crippen molar-refractivity contribution >= 4 is 38.6 Å². The molecule has 0 fully saturated rings. The lowest BCUT2D eigenvalue weighted by atomic mass is 9.85. The van der Waals surface area contributed by atoms with Gasteiger partial charge in [0.15, 0.2) is 17.5 Å². The van der Waals surface area contributed by atoms with Gasteiger partial charge in [-0.25, -0.2) is 15.0 Å². The first-order valence-corrected chi connectivity index (χ1v) is 17.2. The molecule has 0 spiro atoms. The smallest absolute Gasteiger partial charge is 0.164 e. The van der Waals surface area contributed by atoms with E-state index in [0.29, 0.717) is 17.5 Å². The van der Waals surface area contributed by atoms with Gasteiger partial charge in [-0.1, -0.05) is 146 Å². The van der Waals surface area contributed by atoms with Gasteiger partial charge in [0.2, 0.25) is 0 Å². The summed E-state index contributed by atoms with van der Waals surface area (Å²) in [6, 6.07) is 64.0. The van der Waals surface area contributed by atoms with E-state index in [9.17, 15) is 0 Å². The third-order valence-corrected chi connectivity index (χ3v) is 9.83. The minimum absolute atomic E-state index is 0.643. The lowest BCUT2D eigenvalue weighted by molar-refractivity contribution is 1.08. The van der Waals surface area contributed by atoms with Gasteiger partial charge in [-0.3, -0.25) is 0 Å². The van der Waals surface area contributed by atoms with Crippen LogP contribution in [0.5, 0.6) is 0 Å². The van der Waals surface area contributed by atoms with E-state index in [1.165, 1.54) is 33.0 Å². The first kappa shape index (κ1) is 29.0. The Morgan fingerprint density at radius 2 is 0.980 bits per heavy atom. The third kappa shape index (κ3) is 4.88. The molecule has 1 aromatic heterocycles.